The van der Waals surface area contributed by atoms with Crippen LogP contribution in [0, 0.1) is 6.92 Å². The van der Waals surface area contributed by atoms with Crippen molar-refractivity contribution in [2.24, 2.45) is 0 Å². The zero-order valence-electron chi connectivity index (χ0n) is 5.71. The topological polar surface area (TPSA) is 17.1 Å². The summed E-state index contributed by atoms with van der Waals surface area (Å²) in [5, 5.41) is 0. The second-order valence-electron chi connectivity index (χ2n) is 2.11. The molecule has 0 bridgehead atoms. The molecule has 1 nitrogen and oxygen atoms in total. The molecule has 1 aromatic rings. The van der Waals surface area contributed by atoms with E-state index in [0.29, 0.717) is 0 Å². The van der Waals surface area contributed by atoms with E-state index in [2.05, 4.69) is 6.92 Å². The third-order valence-corrected chi connectivity index (χ3v) is 1.40. The van der Waals surface area contributed by atoms with Crippen LogP contribution in [0.2, 0.25) is 0 Å². The lowest BCUT2D eigenvalue weighted by Crippen LogP contribution is -1.81. The van der Waals surface area contributed by atoms with Crippen LogP contribution in [0.1, 0.15) is 15.9 Å². The van der Waals surface area contributed by atoms with Gasteiger partial charge in [0.25, 0.3) is 0 Å². The lowest BCUT2D eigenvalue weighted by Gasteiger charge is -1.93. The van der Waals surface area contributed by atoms with E-state index < -0.39 is 0 Å². The molecule has 0 atom stereocenters. The minimum Gasteiger partial charge on any atom is -0.298 e. The van der Waals surface area contributed by atoms with Crippen LogP contribution in [-0.2, 0) is 6.42 Å². The maximum Gasteiger partial charge on any atom is 0.150 e. The highest BCUT2D eigenvalue weighted by Crippen LogP contribution is 2.01. The van der Waals surface area contributed by atoms with Gasteiger partial charge in [-0.05, 0) is 18.9 Å². The Kier molecular flexibility index (Phi) is 2.21. The van der Waals surface area contributed by atoms with E-state index in [1.54, 1.807) is 12.1 Å². The first-order chi connectivity index (χ1) is 4.86. The number of carbonyl (C=O) groups excluding carboxylic acids is 1. The van der Waals surface area contributed by atoms with Crippen molar-refractivity contribution in [2.75, 3.05) is 0 Å². The Hall–Kier alpha value is -1.11. The Bertz CT molecular complexity index is 211. The van der Waals surface area contributed by atoms with Gasteiger partial charge < -0.3 is 0 Å². The van der Waals surface area contributed by atoms with Gasteiger partial charge in [-0.2, -0.15) is 0 Å². The Morgan fingerprint density at radius 3 is 2.30 bits per heavy atom. The van der Waals surface area contributed by atoms with Gasteiger partial charge in [-0.1, -0.05) is 24.3 Å². The summed E-state index contributed by atoms with van der Waals surface area (Å²) in [6.07, 6.45) is 1.62. The van der Waals surface area contributed by atoms with Crippen molar-refractivity contribution in [2.45, 2.75) is 6.42 Å². The molecule has 1 radical (unpaired) electrons. The van der Waals surface area contributed by atoms with E-state index in [-0.39, 0.29) is 0 Å². The number of aldehydes is 1. The van der Waals surface area contributed by atoms with Crippen molar-refractivity contribution in [1.29, 1.82) is 0 Å². The Morgan fingerprint density at radius 2 is 1.90 bits per heavy atom. The second-order valence-corrected chi connectivity index (χ2v) is 2.11. The molecule has 0 aromatic heterocycles. The first-order valence-electron chi connectivity index (χ1n) is 3.20. The molecular formula is C9H9O. The first kappa shape index (κ1) is 7.00. The van der Waals surface area contributed by atoms with Gasteiger partial charge in [0, 0.05) is 5.56 Å². The molecule has 1 rings (SSSR count). The van der Waals surface area contributed by atoms with Crippen molar-refractivity contribution < 1.29 is 4.79 Å². The summed E-state index contributed by atoms with van der Waals surface area (Å²) in [7, 11) is 0. The summed E-state index contributed by atoms with van der Waals surface area (Å²) in [6, 6.07) is 7.43. The highest BCUT2D eigenvalue weighted by molar-refractivity contribution is 5.74. The SMILES string of the molecule is [CH2]Cc1ccc(C=O)cc1. The average Bonchev–Trinajstić information content (AvgIpc) is 2.05. The van der Waals surface area contributed by atoms with Gasteiger partial charge >= 0.3 is 0 Å². The van der Waals surface area contributed by atoms with Gasteiger partial charge in [-0.3, -0.25) is 4.79 Å². The lowest BCUT2D eigenvalue weighted by molar-refractivity contribution is 0.112. The Morgan fingerprint density at radius 1 is 1.30 bits per heavy atom. The van der Waals surface area contributed by atoms with Gasteiger partial charge in [-0.25, -0.2) is 0 Å². The van der Waals surface area contributed by atoms with E-state index in [1.807, 2.05) is 12.1 Å². The Labute approximate surface area is 60.7 Å². The molecule has 0 saturated carbocycles. The summed E-state index contributed by atoms with van der Waals surface area (Å²) in [6.45, 7) is 3.72. The smallest absolute Gasteiger partial charge is 0.150 e. The highest BCUT2D eigenvalue weighted by atomic mass is 16.1. The van der Waals surface area contributed by atoms with Crippen LogP contribution in [0.4, 0.5) is 0 Å². The van der Waals surface area contributed by atoms with Crippen LogP contribution >= 0.6 is 0 Å². The normalized spacial score (nSPS) is 9.30. The monoisotopic (exact) mass is 133 g/mol. The average molecular weight is 133 g/mol. The molecular weight excluding hydrogens is 124 g/mol. The van der Waals surface area contributed by atoms with Gasteiger partial charge in [0.1, 0.15) is 6.29 Å². The van der Waals surface area contributed by atoms with Crippen LogP contribution in [0.15, 0.2) is 24.3 Å². The molecule has 0 spiro atoms. The number of hydrogen-bond donors (Lipinski definition) is 0. The molecule has 1 heteroatoms. The van der Waals surface area contributed by atoms with Crippen LogP contribution < -0.4 is 0 Å². The fourth-order valence-corrected chi connectivity index (χ4v) is 0.763. The summed E-state index contributed by atoms with van der Waals surface area (Å²) < 4.78 is 0. The van der Waals surface area contributed by atoms with Gasteiger partial charge in [0.15, 0.2) is 0 Å². The highest BCUT2D eigenvalue weighted by Gasteiger charge is 1.88. The van der Waals surface area contributed by atoms with Crippen LogP contribution in [0.25, 0.3) is 0 Å². The van der Waals surface area contributed by atoms with Gasteiger partial charge in [0.05, 0.1) is 0 Å². The van der Waals surface area contributed by atoms with E-state index >= 15 is 0 Å². The molecule has 0 fully saturated rings. The minimum absolute atomic E-state index is 0.720. The summed E-state index contributed by atoms with van der Waals surface area (Å²) in [5.74, 6) is 0. The van der Waals surface area contributed by atoms with Crippen LogP contribution in [0.5, 0.6) is 0 Å². The fraction of sp³-hybridized carbons (Fsp3) is 0.111. The molecule has 0 heterocycles. The third-order valence-electron chi connectivity index (χ3n) is 1.40. The molecule has 0 saturated heterocycles. The molecule has 10 heavy (non-hydrogen) atoms. The quantitative estimate of drug-likeness (QED) is 0.563. The van der Waals surface area contributed by atoms with E-state index in [4.69, 9.17) is 0 Å². The summed E-state index contributed by atoms with van der Waals surface area (Å²) in [5.41, 5.74) is 1.88. The molecule has 0 aliphatic rings. The molecule has 51 valence electrons. The van der Waals surface area contributed by atoms with Crippen molar-refractivity contribution in [3.63, 3.8) is 0 Å². The van der Waals surface area contributed by atoms with Crippen molar-refractivity contribution in [3.8, 4) is 0 Å². The zero-order valence-corrected chi connectivity index (χ0v) is 5.71. The summed E-state index contributed by atoms with van der Waals surface area (Å²) in [4.78, 5) is 10.2. The minimum atomic E-state index is 0.720. The largest absolute Gasteiger partial charge is 0.298 e. The van der Waals surface area contributed by atoms with Crippen molar-refractivity contribution >= 4 is 6.29 Å². The first-order valence-corrected chi connectivity index (χ1v) is 3.20. The maximum atomic E-state index is 10.2. The predicted octanol–water partition coefficient (Wildman–Crippen LogP) is 1.88. The van der Waals surface area contributed by atoms with E-state index in [9.17, 15) is 4.79 Å². The standard InChI is InChI=1S/C9H9O/c1-2-8-3-5-9(7-10)6-4-8/h3-7H,1-2H2. The zero-order chi connectivity index (χ0) is 7.40. The van der Waals surface area contributed by atoms with Crippen molar-refractivity contribution in [1.82, 2.24) is 0 Å². The molecule has 0 aliphatic carbocycles. The number of hydrogen-bond acceptors (Lipinski definition) is 1. The van der Waals surface area contributed by atoms with Gasteiger partial charge in [-0.15, -0.1) is 0 Å². The predicted molar refractivity (Wildman–Crippen MR) is 40.9 cm³/mol. The van der Waals surface area contributed by atoms with E-state index in [1.165, 1.54) is 0 Å². The maximum absolute atomic E-state index is 10.2. The number of benzene rings is 1. The number of carbonyl (C=O) groups is 1. The fourth-order valence-electron chi connectivity index (χ4n) is 0.763. The van der Waals surface area contributed by atoms with Crippen molar-refractivity contribution in [3.05, 3.63) is 42.3 Å². The number of rotatable bonds is 2. The molecule has 0 amide bonds. The summed E-state index contributed by atoms with van der Waals surface area (Å²) >= 11 is 0. The second kappa shape index (κ2) is 3.16. The van der Waals surface area contributed by atoms with Crippen LogP contribution in [-0.4, -0.2) is 6.29 Å². The molecule has 0 N–H and O–H groups in total. The third kappa shape index (κ3) is 1.44. The Balaban J connectivity index is 2.90. The van der Waals surface area contributed by atoms with E-state index in [0.717, 1.165) is 23.8 Å². The molecule has 0 aliphatic heterocycles. The van der Waals surface area contributed by atoms with Gasteiger partial charge in [0.2, 0.25) is 0 Å². The molecule has 0 unspecified atom stereocenters. The lowest BCUT2D eigenvalue weighted by atomic mass is 10.1. The van der Waals surface area contributed by atoms with Crippen LogP contribution in [0.3, 0.4) is 0 Å². The molecule has 1 aromatic carbocycles.